The van der Waals surface area contributed by atoms with Crippen LogP contribution in [0.1, 0.15) is 52.9 Å². The van der Waals surface area contributed by atoms with E-state index in [1.807, 2.05) is 6.92 Å². The molecule has 1 fully saturated rings. The monoisotopic (exact) mass is 228 g/mol. The normalized spacial score (nSPS) is 34.7. The van der Waals surface area contributed by atoms with Crippen molar-refractivity contribution in [3.05, 3.63) is 0 Å². The van der Waals surface area contributed by atoms with Crippen LogP contribution in [0, 0.1) is 5.92 Å². The van der Waals surface area contributed by atoms with Gasteiger partial charge in [0.1, 0.15) is 0 Å². The number of aliphatic hydroxyl groups excluding tert-OH is 1. The SMILES string of the molecule is CC(O)CC(C)NC1(CN)CCCCC1C. The highest BCUT2D eigenvalue weighted by atomic mass is 16.3. The average Bonchev–Trinajstić information content (AvgIpc) is 2.20. The molecule has 1 aliphatic rings. The van der Waals surface area contributed by atoms with Gasteiger partial charge in [0, 0.05) is 18.1 Å². The Bertz CT molecular complexity index is 208. The minimum absolute atomic E-state index is 0.104. The lowest BCUT2D eigenvalue weighted by Gasteiger charge is -2.45. The van der Waals surface area contributed by atoms with E-state index in [4.69, 9.17) is 5.73 Å². The third-order valence-corrected chi connectivity index (χ3v) is 4.05. The van der Waals surface area contributed by atoms with Gasteiger partial charge in [-0.05, 0) is 39.0 Å². The highest BCUT2D eigenvalue weighted by Gasteiger charge is 2.37. The van der Waals surface area contributed by atoms with Gasteiger partial charge in [-0.25, -0.2) is 0 Å². The molecule has 3 nitrogen and oxygen atoms in total. The van der Waals surface area contributed by atoms with Crippen LogP contribution in [0.5, 0.6) is 0 Å². The first-order valence-corrected chi connectivity index (χ1v) is 6.66. The second kappa shape index (κ2) is 5.99. The number of nitrogens with two attached hydrogens (primary N) is 1. The molecule has 0 saturated heterocycles. The Balaban J connectivity index is 2.57. The molecular formula is C13H28N2O. The predicted molar refractivity (Wildman–Crippen MR) is 68.3 cm³/mol. The Labute approximate surface area is 99.8 Å². The molecule has 0 aliphatic heterocycles. The summed E-state index contributed by atoms with van der Waals surface area (Å²) < 4.78 is 0. The Kier molecular flexibility index (Phi) is 5.22. The molecule has 4 atom stereocenters. The van der Waals surface area contributed by atoms with Gasteiger partial charge in [-0.2, -0.15) is 0 Å². The predicted octanol–water partition coefficient (Wildman–Crippen LogP) is 1.64. The highest BCUT2D eigenvalue weighted by Crippen LogP contribution is 2.33. The zero-order chi connectivity index (χ0) is 12.2. The lowest BCUT2D eigenvalue weighted by molar-refractivity contribution is 0.119. The summed E-state index contributed by atoms with van der Waals surface area (Å²) in [4.78, 5) is 0. The number of hydrogen-bond acceptors (Lipinski definition) is 3. The minimum atomic E-state index is -0.240. The molecule has 3 heteroatoms. The fourth-order valence-corrected chi connectivity index (χ4v) is 3.05. The molecule has 1 rings (SSSR count). The summed E-state index contributed by atoms with van der Waals surface area (Å²) >= 11 is 0. The largest absolute Gasteiger partial charge is 0.393 e. The van der Waals surface area contributed by atoms with E-state index in [2.05, 4.69) is 19.2 Å². The Hall–Kier alpha value is -0.120. The summed E-state index contributed by atoms with van der Waals surface area (Å²) in [5.74, 6) is 0.641. The molecule has 0 aromatic heterocycles. The van der Waals surface area contributed by atoms with Crippen LogP contribution in [0.4, 0.5) is 0 Å². The molecule has 4 unspecified atom stereocenters. The maximum atomic E-state index is 9.40. The van der Waals surface area contributed by atoms with Crippen molar-refractivity contribution < 1.29 is 5.11 Å². The molecule has 4 N–H and O–H groups in total. The van der Waals surface area contributed by atoms with Crippen LogP contribution in [0.15, 0.2) is 0 Å². The van der Waals surface area contributed by atoms with E-state index >= 15 is 0 Å². The van der Waals surface area contributed by atoms with Crippen LogP contribution in [-0.4, -0.2) is 29.3 Å². The molecule has 0 aromatic rings. The maximum absolute atomic E-state index is 9.40. The van der Waals surface area contributed by atoms with E-state index in [0.29, 0.717) is 18.5 Å². The van der Waals surface area contributed by atoms with Crippen molar-refractivity contribution in [2.24, 2.45) is 11.7 Å². The topological polar surface area (TPSA) is 58.3 Å². The Morgan fingerprint density at radius 2 is 2.12 bits per heavy atom. The zero-order valence-corrected chi connectivity index (χ0v) is 11.0. The van der Waals surface area contributed by atoms with Gasteiger partial charge in [0.25, 0.3) is 0 Å². The molecule has 1 aliphatic carbocycles. The van der Waals surface area contributed by atoms with Gasteiger partial charge in [-0.1, -0.05) is 19.8 Å². The van der Waals surface area contributed by atoms with Gasteiger partial charge in [0.05, 0.1) is 6.10 Å². The van der Waals surface area contributed by atoms with Crippen LogP contribution in [0.2, 0.25) is 0 Å². The van der Waals surface area contributed by atoms with Crippen molar-refractivity contribution in [1.29, 1.82) is 0 Å². The maximum Gasteiger partial charge on any atom is 0.0526 e. The first-order chi connectivity index (χ1) is 7.50. The van der Waals surface area contributed by atoms with Crippen molar-refractivity contribution in [1.82, 2.24) is 5.32 Å². The van der Waals surface area contributed by atoms with E-state index in [9.17, 15) is 5.11 Å². The van der Waals surface area contributed by atoms with Gasteiger partial charge in [0.15, 0.2) is 0 Å². The average molecular weight is 228 g/mol. The summed E-state index contributed by atoms with van der Waals surface area (Å²) in [6.45, 7) is 7.00. The number of hydrogen-bond donors (Lipinski definition) is 3. The second-order valence-corrected chi connectivity index (χ2v) is 5.64. The van der Waals surface area contributed by atoms with Gasteiger partial charge >= 0.3 is 0 Å². The first kappa shape index (κ1) is 13.9. The van der Waals surface area contributed by atoms with Crippen molar-refractivity contribution in [2.45, 2.75) is 70.6 Å². The molecule has 16 heavy (non-hydrogen) atoms. The molecule has 0 amide bonds. The highest BCUT2D eigenvalue weighted by molar-refractivity contribution is 4.97. The van der Waals surface area contributed by atoms with Crippen molar-refractivity contribution >= 4 is 0 Å². The number of rotatable bonds is 5. The summed E-state index contributed by atoms with van der Waals surface area (Å²) in [5, 5.41) is 13.1. The summed E-state index contributed by atoms with van der Waals surface area (Å²) in [7, 11) is 0. The smallest absolute Gasteiger partial charge is 0.0526 e. The molecule has 1 saturated carbocycles. The summed E-state index contributed by atoms with van der Waals surface area (Å²) in [6, 6.07) is 0.337. The van der Waals surface area contributed by atoms with E-state index in [0.717, 1.165) is 6.42 Å². The molecule has 0 spiro atoms. The lowest BCUT2D eigenvalue weighted by Crippen LogP contribution is -2.60. The van der Waals surface area contributed by atoms with Gasteiger partial charge < -0.3 is 16.2 Å². The molecule has 0 bridgehead atoms. The summed E-state index contributed by atoms with van der Waals surface area (Å²) in [5.41, 5.74) is 6.09. The lowest BCUT2D eigenvalue weighted by atomic mass is 9.73. The van der Waals surface area contributed by atoms with Crippen LogP contribution < -0.4 is 11.1 Å². The molecule has 0 radical (unpaired) electrons. The van der Waals surface area contributed by atoms with Crippen LogP contribution >= 0.6 is 0 Å². The van der Waals surface area contributed by atoms with Gasteiger partial charge in [-0.3, -0.25) is 0 Å². The van der Waals surface area contributed by atoms with Crippen LogP contribution in [0.3, 0.4) is 0 Å². The van der Waals surface area contributed by atoms with E-state index in [1.54, 1.807) is 0 Å². The molecule has 0 heterocycles. The third kappa shape index (κ3) is 3.44. The van der Waals surface area contributed by atoms with E-state index < -0.39 is 0 Å². The molecule has 96 valence electrons. The minimum Gasteiger partial charge on any atom is -0.393 e. The van der Waals surface area contributed by atoms with E-state index in [1.165, 1.54) is 25.7 Å². The zero-order valence-electron chi connectivity index (χ0n) is 11.0. The first-order valence-electron chi connectivity index (χ1n) is 6.66. The summed E-state index contributed by atoms with van der Waals surface area (Å²) in [6.07, 6.45) is 5.61. The fraction of sp³-hybridized carbons (Fsp3) is 1.00. The van der Waals surface area contributed by atoms with Crippen molar-refractivity contribution in [2.75, 3.05) is 6.54 Å². The molecular weight excluding hydrogens is 200 g/mol. The van der Waals surface area contributed by atoms with Crippen LogP contribution in [0.25, 0.3) is 0 Å². The number of nitrogens with one attached hydrogen (secondary N) is 1. The third-order valence-electron chi connectivity index (χ3n) is 4.05. The van der Waals surface area contributed by atoms with Crippen molar-refractivity contribution in [3.63, 3.8) is 0 Å². The fourth-order valence-electron chi connectivity index (χ4n) is 3.05. The molecule has 0 aromatic carbocycles. The number of aliphatic hydroxyl groups is 1. The quantitative estimate of drug-likeness (QED) is 0.670. The van der Waals surface area contributed by atoms with Crippen molar-refractivity contribution in [3.8, 4) is 0 Å². The van der Waals surface area contributed by atoms with Gasteiger partial charge in [0.2, 0.25) is 0 Å². The second-order valence-electron chi connectivity index (χ2n) is 5.64. The Morgan fingerprint density at radius 1 is 1.44 bits per heavy atom. The van der Waals surface area contributed by atoms with E-state index in [-0.39, 0.29) is 11.6 Å². The standard InChI is InChI=1S/C13H28N2O/c1-10-6-4-5-7-13(10,9-14)15-11(2)8-12(3)16/h10-12,15-16H,4-9,14H2,1-3H3. The van der Waals surface area contributed by atoms with Gasteiger partial charge in [-0.15, -0.1) is 0 Å². The van der Waals surface area contributed by atoms with Crippen LogP contribution in [-0.2, 0) is 0 Å². The Morgan fingerprint density at radius 3 is 2.62 bits per heavy atom.